The summed E-state index contributed by atoms with van der Waals surface area (Å²) in [5.41, 5.74) is 1.21. The van der Waals surface area contributed by atoms with Crippen molar-refractivity contribution in [2.75, 3.05) is 4.31 Å². The largest absolute Gasteiger partial charge is 0.459 e. The van der Waals surface area contributed by atoms with Crippen LogP contribution in [-0.4, -0.2) is 14.3 Å². The van der Waals surface area contributed by atoms with Gasteiger partial charge in [-0.25, -0.2) is 8.42 Å². The van der Waals surface area contributed by atoms with Crippen LogP contribution in [0.3, 0.4) is 0 Å². The van der Waals surface area contributed by atoms with Crippen molar-refractivity contribution in [3.8, 4) is 0 Å². The molecule has 0 unspecified atom stereocenters. The van der Waals surface area contributed by atoms with Crippen molar-refractivity contribution in [1.82, 2.24) is 0 Å². The van der Waals surface area contributed by atoms with Crippen LogP contribution in [0.1, 0.15) is 16.1 Å². The molecule has 0 aliphatic heterocycles. The maximum absolute atomic E-state index is 13.0. The lowest BCUT2D eigenvalue weighted by molar-refractivity contribution is 0.0979. The summed E-state index contributed by atoms with van der Waals surface area (Å²) in [4.78, 5) is 12.8. The Kier molecular flexibility index (Phi) is 4.22. The number of rotatable bonds is 4. The lowest BCUT2D eigenvalue weighted by Crippen LogP contribution is -2.36. The van der Waals surface area contributed by atoms with Gasteiger partial charge in [-0.05, 0) is 43.3 Å². The molecule has 0 saturated heterocycles. The van der Waals surface area contributed by atoms with Gasteiger partial charge in [-0.1, -0.05) is 35.9 Å². The monoisotopic (exact) mass is 341 g/mol. The van der Waals surface area contributed by atoms with Crippen LogP contribution in [0.25, 0.3) is 0 Å². The lowest BCUT2D eigenvalue weighted by Gasteiger charge is -2.21. The molecule has 0 aliphatic rings. The average molecular weight is 341 g/mol. The smallest absolute Gasteiger partial charge is 0.307 e. The van der Waals surface area contributed by atoms with Crippen LogP contribution >= 0.6 is 0 Å². The number of anilines is 1. The van der Waals surface area contributed by atoms with Crippen molar-refractivity contribution < 1.29 is 17.6 Å². The van der Waals surface area contributed by atoms with Gasteiger partial charge < -0.3 is 4.42 Å². The zero-order valence-corrected chi connectivity index (χ0v) is 13.7. The molecule has 2 aromatic carbocycles. The summed E-state index contributed by atoms with van der Waals surface area (Å²) in [5, 5.41) is 0. The first-order valence-corrected chi connectivity index (χ1v) is 8.69. The Labute approximate surface area is 140 Å². The van der Waals surface area contributed by atoms with Crippen molar-refractivity contribution in [1.29, 1.82) is 0 Å². The number of carbonyl (C=O) groups is 1. The van der Waals surface area contributed by atoms with E-state index in [1.54, 1.807) is 42.5 Å². The number of nitrogens with zero attached hydrogens (tertiary/aromatic N) is 1. The molecule has 1 heterocycles. The van der Waals surface area contributed by atoms with E-state index in [1.165, 1.54) is 30.5 Å². The molecule has 122 valence electrons. The fraction of sp³-hybridized carbons (Fsp3) is 0.0556. The number of benzene rings is 2. The Morgan fingerprint density at radius 3 is 2.17 bits per heavy atom. The van der Waals surface area contributed by atoms with Gasteiger partial charge >= 0.3 is 5.91 Å². The number of amides is 1. The highest BCUT2D eigenvalue weighted by Gasteiger charge is 2.33. The number of furan rings is 1. The normalized spacial score (nSPS) is 11.2. The second kappa shape index (κ2) is 6.33. The van der Waals surface area contributed by atoms with Crippen molar-refractivity contribution in [2.45, 2.75) is 11.8 Å². The van der Waals surface area contributed by atoms with Gasteiger partial charge in [0.2, 0.25) is 0 Å². The zero-order chi connectivity index (χ0) is 17.2. The minimum atomic E-state index is -4.07. The molecular weight excluding hydrogens is 326 g/mol. The first kappa shape index (κ1) is 16.0. The predicted molar refractivity (Wildman–Crippen MR) is 90.3 cm³/mol. The number of aryl methyl sites for hydroxylation is 1. The van der Waals surface area contributed by atoms with Crippen molar-refractivity contribution >= 4 is 21.6 Å². The second-order valence-electron chi connectivity index (χ2n) is 5.20. The van der Waals surface area contributed by atoms with E-state index in [1.807, 2.05) is 6.92 Å². The van der Waals surface area contributed by atoms with Gasteiger partial charge in [0.15, 0.2) is 5.76 Å². The van der Waals surface area contributed by atoms with E-state index in [2.05, 4.69) is 0 Å². The summed E-state index contributed by atoms with van der Waals surface area (Å²) in [5.74, 6) is -0.789. The quantitative estimate of drug-likeness (QED) is 0.727. The molecule has 0 aliphatic carbocycles. The molecule has 1 amide bonds. The molecule has 0 bridgehead atoms. The highest BCUT2D eigenvalue weighted by atomic mass is 32.2. The number of hydrogen-bond acceptors (Lipinski definition) is 4. The number of sulfonamides is 1. The molecule has 0 atom stereocenters. The van der Waals surface area contributed by atoms with Crippen molar-refractivity contribution in [3.05, 3.63) is 84.3 Å². The van der Waals surface area contributed by atoms with Gasteiger partial charge in [0, 0.05) is 0 Å². The van der Waals surface area contributed by atoms with Crippen LogP contribution in [0, 0.1) is 6.92 Å². The van der Waals surface area contributed by atoms with Crippen LogP contribution in [-0.2, 0) is 10.0 Å². The first-order chi connectivity index (χ1) is 11.5. The fourth-order valence-corrected chi connectivity index (χ4v) is 3.66. The van der Waals surface area contributed by atoms with Crippen LogP contribution in [0.2, 0.25) is 0 Å². The lowest BCUT2D eigenvalue weighted by atomic mass is 10.2. The molecule has 5 nitrogen and oxygen atoms in total. The fourth-order valence-electron chi connectivity index (χ4n) is 2.24. The van der Waals surface area contributed by atoms with Gasteiger partial charge in [-0.3, -0.25) is 4.79 Å². The maximum atomic E-state index is 13.0. The number of hydrogen-bond donors (Lipinski definition) is 0. The van der Waals surface area contributed by atoms with Gasteiger partial charge in [0.25, 0.3) is 10.0 Å². The van der Waals surface area contributed by atoms with Crippen molar-refractivity contribution in [3.63, 3.8) is 0 Å². The SMILES string of the molecule is Cc1ccc(N(C(=O)c2ccco2)S(=O)(=O)c2ccccc2)cc1. The summed E-state index contributed by atoms with van der Waals surface area (Å²) in [6, 6.07) is 17.5. The molecule has 0 N–H and O–H groups in total. The molecule has 3 rings (SSSR count). The molecule has 0 fully saturated rings. The van der Waals surface area contributed by atoms with E-state index in [-0.39, 0.29) is 16.3 Å². The summed E-state index contributed by atoms with van der Waals surface area (Å²) in [6.45, 7) is 1.88. The molecule has 0 saturated carbocycles. The Bertz CT molecular complexity index is 930. The van der Waals surface area contributed by atoms with E-state index in [4.69, 9.17) is 4.42 Å². The van der Waals surface area contributed by atoms with Crippen molar-refractivity contribution in [2.24, 2.45) is 0 Å². The predicted octanol–water partition coefficient (Wildman–Crippen LogP) is 3.62. The zero-order valence-electron chi connectivity index (χ0n) is 12.9. The Morgan fingerprint density at radius 2 is 1.58 bits per heavy atom. The third kappa shape index (κ3) is 2.96. The van der Waals surface area contributed by atoms with Gasteiger partial charge in [-0.15, -0.1) is 0 Å². The van der Waals surface area contributed by atoms with Gasteiger partial charge in [-0.2, -0.15) is 4.31 Å². The Morgan fingerprint density at radius 1 is 0.917 bits per heavy atom. The Balaban J connectivity index is 2.15. The molecule has 24 heavy (non-hydrogen) atoms. The van der Waals surface area contributed by atoms with E-state index in [0.29, 0.717) is 0 Å². The van der Waals surface area contributed by atoms with Crippen LogP contribution in [0.5, 0.6) is 0 Å². The topological polar surface area (TPSA) is 67.6 Å². The summed E-state index contributed by atoms with van der Waals surface area (Å²) < 4.78 is 31.9. The molecule has 3 aromatic rings. The third-order valence-corrected chi connectivity index (χ3v) is 5.19. The van der Waals surface area contributed by atoms with Crippen LogP contribution < -0.4 is 4.31 Å². The highest BCUT2D eigenvalue weighted by molar-refractivity contribution is 7.93. The molecular formula is C18H15NO4S. The summed E-state index contributed by atoms with van der Waals surface area (Å²) >= 11 is 0. The maximum Gasteiger partial charge on any atom is 0.307 e. The van der Waals surface area contributed by atoms with Crippen LogP contribution in [0.15, 0.2) is 82.3 Å². The van der Waals surface area contributed by atoms with E-state index in [9.17, 15) is 13.2 Å². The molecule has 1 aromatic heterocycles. The number of carbonyl (C=O) groups excluding carboxylic acids is 1. The van der Waals surface area contributed by atoms with E-state index < -0.39 is 15.9 Å². The molecule has 0 spiro atoms. The van der Waals surface area contributed by atoms with Gasteiger partial charge in [0.1, 0.15) is 0 Å². The Hall–Kier alpha value is -2.86. The van der Waals surface area contributed by atoms with E-state index >= 15 is 0 Å². The van der Waals surface area contributed by atoms with Gasteiger partial charge in [0.05, 0.1) is 16.8 Å². The second-order valence-corrected chi connectivity index (χ2v) is 6.99. The minimum Gasteiger partial charge on any atom is -0.459 e. The first-order valence-electron chi connectivity index (χ1n) is 7.25. The van der Waals surface area contributed by atoms with Crippen LogP contribution in [0.4, 0.5) is 5.69 Å². The third-order valence-electron chi connectivity index (χ3n) is 3.47. The summed E-state index contributed by atoms with van der Waals surface area (Å²) in [7, 11) is -4.07. The average Bonchev–Trinajstić information content (AvgIpc) is 3.12. The molecule has 0 radical (unpaired) electrons. The molecule has 6 heteroatoms. The highest BCUT2D eigenvalue weighted by Crippen LogP contribution is 2.26. The summed E-state index contributed by atoms with van der Waals surface area (Å²) in [6.07, 6.45) is 1.33. The van der Waals surface area contributed by atoms with E-state index in [0.717, 1.165) is 9.87 Å². The minimum absolute atomic E-state index is 0.0329. The standard InChI is InChI=1S/C18H15NO4S/c1-14-9-11-15(12-10-14)19(18(20)17-8-5-13-23-17)24(21,22)16-6-3-2-4-7-16/h2-13H,1H3.